The van der Waals surface area contributed by atoms with Gasteiger partial charge in [0.15, 0.2) is 0 Å². The number of halogens is 1. The molecule has 4 heteroatoms. The Morgan fingerprint density at radius 3 is 2.95 bits per heavy atom. The molecule has 3 nitrogen and oxygen atoms in total. The van der Waals surface area contributed by atoms with Gasteiger partial charge in [0, 0.05) is 37.8 Å². The zero-order valence-corrected chi connectivity index (χ0v) is 11.7. The van der Waals surface area contributed by atoms with Gasteiger partial charge in [-0.15, -0.1) is 0 Å². The molecule has 1 unspecified atom stereocenters. The second-order valence-corrected chi connectivity index (χ2v) is 5.30. The van der Waals surface area contributed by atoms with Gasteiger partial charge < -0.3 is 10.5 Å². The van der Waals surface area contributed by atoms with E-state index in [1.54, 1.807) is 6.07 Å². The Hall–Kier alpha value is -0.970. The maximum Gasteiger partial charge on any atom is 0.128 e. The summed E-state index contributed by atoms with van der Waals surface area (Å²) >= 11 is 0. The molecule has 1 aliphatic rings. The third kappa shape index (κ3) is 3.32. The van der Waals surface area contributed by atoms with Crippen molar-refractivity contribution in [3.63, 3.8) is 0 Å². The van der Waals surface area contributed by atoms with Gasteiger partial charge in [0.25, 0.3) is 0 Å². The minimum absolute atomic E-state index is 0.114. The average molecular weight is 266 g/mol. The molecule has 0 aromatic heterocycles. The van der Waals surface area contributed by atoms with E-state index in [1.165, 1.54) is 6.07 Å². The molecule has 0 saturated heterocycles. The highest BCUT2D eigenvalue weighted by molar-refractivity contribution is 5.35. The average Bonchev–Trinajstić information content (AvgIpc) is 2.73. The van der Waals surface area contributed by atoms with Crippen LogP contribution >= 0.6 is 0 Å². The molecule has 1 aromatic rings. The van der Waals surface area contributed by atoms with Crippen molar-refractivity contribution < 1.29 is 9.13 Å². The van der Waals surface area contributed by atoms with E-state index in [-0.39, 0.29) is 18.0 Å². The van der Waals surface area contributed by atoms with Gasteiger partial charge in [0.2, 0.25) is 0 Å². The van der Waals surface area contributed by atoms with Crippen LogP contribution in [0.3, 0.4) is 0 Å². The van der Waals surface area contributed by atoms with Crippen LogP contribution in [0.4, 0.5) is 4.39 Å². The van der Waals surface area contributed by atoms with Crippen molar-refractivity contribution in [2.24, 2.45) is 5.73 Å². The Bertz CT molecular complexity index is 423. The van der Waals surface area contributed by atoms with Gasteiger partial charge in [0.1, 0.15) is 5.82 Å². The van der Waals surface area contributed by atoms with E-state index in [0.29, 0.717) is 13.1 Å². The SMILES string of the molecule is CC(C)OCCCN1Cc2c(F)cccc2C1CN. The second-order valence-electron chi connectivity index (χ2n) is 5.30. The van der Waals surface area contributed by atoms with Gasteiger partial charge in [-0.3, -0.25) is 4.90 Å². The summed E-state index contributed by atoms with van der Waals surface area (Å²) in [7, 11) is 0. The fourth-order valence-corrected chi connectivity index (χ4v) is 2.66. The summed E-state index contributed by atoms with van der Waals surface area (Å²) in [6.07, 6.45) is 1.21. The topological polar surface area (TPSA) is 38.5 Å². The lowest BCUT2D eigenvalue weighted by atomic mass is 10.0. The zero-order chi connectivity index (χ0) is 13.8. The van der Waals surface area contributed by atoms with Gasteiger partial charge in [-0.2, -0.15) is 0 Å². The molecular weight excluding hydrogens is 243 g/mol. The van der Waals surface area contributed by atoms with Crippen LogP contribution in [-0.4, -0.2) is 30.7 Å². The molecule has 2 N–H and O–H groups in total. The molecule has 0 amide bonds. The molecule has 2 rings (SSSR count). The summed E-state index contributed by atoms with van der Waals surface area (Å²) in [6, 6.07) is 5.42. The Kier molecular flexibility index (Phi) is 4.91. The number of hydrogen-bond acceptors (Lipinski definition) is 3. The van der Waals surface area contributed by atoms with Crippen molar-refractivity contribution in [3.8, 4) is 0 Å². The van der Waals surface area contributed by atoms with Crippen LogP contribution in [0.15, 0.2) is 18.2 Å². The summed E-state index contributed by atoms with van der Waals surface area (Å²) < 4.78 is 19.3. The van der Waals surface area contributed by atoms with E-state index >= 15 is 0 Å². The van der Waals surface area contributed by atoms with Crippen LogP contribution in [0.25, 0.3) is 0 Å². The number of ether oxygens (including phenoxy) is 1. The van der Waals surface area contributed by atoms with Crippen molar-refractivity contribution in [1.82, 2.24) is 4.90 Å². The van der Waals surface area contributed by atoms with E-state index in [1.807, 2.05) is 19.9 Å². The Morgan fingerprint density at radius 2 is 2.26 bits per heavy atom. The standard InChI is InChI=1S/C15H23FN2O/c1-11(2)19-8-4-7-18-10-13-12(15(18)9-17)5-3-6-14(13)16/h3,5-6,11,15H,4,7-10,17H2,1-2H3. The van der Waals surface area contributed by atoms with Crippen molar-refractivity contribution in [3.05, 3.63) is 35.1 Å². The molecule has 0 aliphatic carbocycles. The minimum Gasteiger partial charge on any atom is -0.379 e. The normalized spacial score (nSPS) is 19.1. The summed E-state index contributed by atoms with van der Waals surface area (Å²) in [4.78, 5) is 2.25. The van der Waals surface area contributed by atoms with Gasteiger partial charge in [-0.1, -0.05) is 12.1 Å². The monoisotopic (exact) mass is 266 g/mol. The number of nitrogens with zero attached hydrogens (tertiary/aromatic N) is 1. The minimum atomic E-state index is -0.114. The van der Waals surface area contributed by atoms with Crippen molar-refractivity contribution in [2.45, 2.75) is 39.0 Å². The number of nitrogens with two attached hydrogens (primary N) is 1. The van der Waals surface area contributed by atoms with Gasteiger partial charge in [0.05, 0.1) is 6.10 Å². The first-order chi connectivity index (χ1) is 9.13. The third-order valence-corrected chi connectivity index (χ3v) is 3.58. The highest BCUT2D eigenvalue weighted by atomic mass is 19.1. The molecule has 1 aliphatic heterocycles. The third-order valence-electron chi connectivity index (χ3n) is 3.58. The van der Waals surface area contributed by atoms with Gasteiger partial charge >= 0.3 is 0 Å². The zero-order valence-electron chi connectivity index (χ0n) is 11.7. The number of rotatable bonds is 6. The van der Waals surface area contributed by atoms with Crippen LogP contribution in [0.1, 0.15) is 37.4 Å². The lowest BCUT2D eigenvalue weighted by Crippen LogP contribution is -2.29. The Balaban J connectivity index is 1.95. The predicted molar refractivity (Wildman–Crippen MR) is 74.3 cm³/mol. The van der Waals surface area contributed by atoms with Crippen LogP contribution < -0.4 is 5.73 Å². The molecular formula is C15H23FN2O. The molecule has 0 saturated carbocycles. The lowest BCUT2D eigenvalue weighted by Gasteiger charge is -2.23. The summed E-state index contributed by atoms with van der Waals surface area (Å²) in [5.41, 5.74) is 7.70. The quantitative estimate of drug-likeness (QED) is 0.804. The smallest absolute Gasteiger partial charge is 0.128 e. The van der Waals surface area contributed by atoms with E-state index in [9.17, 15) is 4.39 Å². The molecule has 0 fully saturated rings. The van der Waals surface area contributed by atoms with Crippen molar-refractivity contribution in [2.75, 3.05) is 19.7 Å². The maximum atomic E-state index is 13.8. The summed E-state index contributed by atoms with van der Waals surface area (Å²) in [5.74, 6) is -0.114. The van der Waals surface area contributed by atoms with E-state index in [2.05, 4.69) is 4.90 Å². The largest absolute Gasteiger partial charge is 0.379 e. The first kappa shape index (κ1) is 14.4. The van der Waals surface area contributed by atoms with Crippen LogP contribution in [0.5, 0.6) is 0 Å². The second kappa shape index (κ2) is 6.46. The van der Waals surface area contributed by atoms with Crippen molar-refractivity contribution >= 4 is 0 Å². The van der Waals surface area contributed by atoms with E-state index in [0.717, 1.165) is 30.7 Å². The molecule has 1 atom stereocenters. The molecule has 1 aromatic carbocycles. The molecule has 0 spiro atoms. The van der Waals surface area contributed by atoms with Crippen LogP contribution in [0.2, 0.25) is 0 Å². The maximum absolute atomic E-state index is 13.8. The Labute approximate surface area is 114 Å². The van der Waals surface area contributed by atoms with E-state index in [4.69, 9.17) is 10.5 Å². The highest BCUT2D eigenvalue weighted by Gasteiger charge is 2.30. The van der Waals surface area contributed by atoms with E-state index < -0.39 is 0 Å². The lowest BCUT2D eigenvalue weighted by molar-refractivity contribution is 0.0675. The molecule has 0 radical (unpaired) electrons. The molecule has 1 heterocycles. The molecule has 0 bridgehead atoms. The van der Waals surface area contributed by atoms with Crippen LogP contribution in [0, 0.1) is 5.82 Å². The summed E-state index contributed by atoms with van der Waals surface area (Å²) in [6.45, 7) is 6.88. The number of fused-ring (bicyclic) bond motifs is 1. The summed E-state index contributed by atoms with van der Waals surface area (Å²) in [5, 5.41) is 0. The number of benzene rings is 1. The predicted octanol–water partition coefficient (Wildman–Crippen LogP) is 2.46. The Morgan fingerprint density at radius 1 is 1.47 bits per heavy atom. The van der Waals surface area contributed by atoms with Gasteiger partial charge in [-0.25, -0.2) is 4.39 Å². The first-order valence-corrected chi connectivity index (χ1v) is 6.96. The highest BCUT2D eigenvalue weighted by Crippen LogP contribution is 2.34. The fourth-order valence-electron chi connectivity index (χ4n) is 2.66. The fraction of sp³-hybridized carbons (Fsp3) is 0.600. The number of hydrogen-bond donors (Lipinski definition) is 1. The van der Waals surface area contributed by atoms with Crippen molar-refractivity contribution in [1.29, 1.82) is 0 Å². The molecule has 106 valence electrons. The molecule has 19 heavy (non-hydrogen) atoms. The first-order valence-electron chi connectivity index (χ1n) is 6.96. The van der Waals surface area contributed by atoms with Crippen LogP contribution in [-0.2, 0) is 11.3 Å². The van der Waals surface area contributed by atoms with Gasteiger partial charge in [-0.05, 0) is 31.9 Å².